The molecule has 96 valence electrons. The van der Waals surface area contributed by atoms with Gasteiger partial charge < -0.3 is 15.2 Å². The molecule has 1 atom stereocenters. The van der Waals surface area contributed by atoms with Crippen molar-refractivity contribution in [3.63, 3.8) is 0 Å². The molecule has 0 fully saturated rings. The molecule has 2 rings (SSSR count). The Morgan fingerprint density at radius 2 is 2.11 bits per heavy atom. The third kappa shape index (κ3) is 3.23. The number of aliphatic carboxylic acids is 1. The number of amides is 1. The SMILES string of the molecule is O=C(O)CCC(=O)NCC1Cc2ccccc2O1. The predicted molar refractivity (Wildman–Crippen MR) is 64.4 cm³/mol. The molecule has 0 saturated carbocycles. The first kappa shape index (κ1) is 12.4. The average molecular weight is 249 g/mol. The number of carboxylic acids is 1. The van der Waals surface area contributed by atoms with Gasteiger partial charge in [0.1, 0.15) is 11.9 Å². The van der Waals surface area contributed by atoms with Gasteiger partial charge in [-0.15, -0.1) is 0 Å². The molecular weight excluding hydrogens is 234 g/mol. The van der Waals surface area contributed by atoms with Crippen molar-refractivity contribution in [2.45, 2.75) is 25.4 Å². The molecule has 0 bridgehead atoms. The highest BCUT2D eigenvalue weighted by Gasteiger charge is 2.22. The van der Waals surface area contributed by atoms with E-state index in [0.29, 0.717) is 6.54 Å². The lowest BCUT2D eigenvalue weighted by molar-refractivity contribution is -0.138. The number of para-hydroxylation sites is 1. The normalized spacial score (nSPS) is 16.8. The average Bonchev–Trinajstić information content (AvgIpc) is 2.76. The monoisotopic (exact) mass is 249 g/mol. The highest BCUT2D eigenvalue weighted by atomic mass is 16.5. The van der Waals surface area contributed by atoms with Crippen LogP contribution in [0, 0.1) is 0 Å². The van der Waals surface area contributed by atoms with E-state index in [1.165, 1.54) is 0 Å². The van der Waals surface area contributed by atoms with E-state index in [-0.39, 0.29) is 24.9 Å². The summed E-state index contributed by atoms with van der Waals surface area (Å²) in [6, 6.07) is 7.77. The quantitative estimate of drug-likeness (QED) is 0.815. The maximum absolute atomic E-state index is 11.3. The summed E-state index contributed by atoms with van der Waals surface area (Å²) in [6.07, 6.45) is 0.582. The van der Waals surface area contributed by atoms with Gasteiger partial charge in [0.25, 0.3) is 0 Å². The first-order valence-electron chi connectivity index (χ1n) is 5.88. The van der Waals surface area contributed by atoms with Crippen LogP contribution < -0.4 is 10.1 Å². The van der Waals surface area contributed by atoms with Crippen molar-refractivity contribution in [1.29, 1.82) is 0 Å². The summed E-state index contributed by atoms with van der Waals surface area (Å²) in [6.45, 7) is 0.410. The molecular formula is C13H15NO4. The van der Waals surface area contributed by atoms with Crippen LogP contribution in [-0.4, -0.2) is 29.6 Å². The van der Waals surface area contributed by atoms with E-state index in [1.54, 1.807) is 0 Å². The van der Waals surface area contributed by atoms with Crippen LogP contribution in [0.4, 0.5) is 0 Å². The number of carbonyl (C=O) groups excluding carboxylic acids is 1. The van der Waals surface area contributed by atoms with Gasteiger partial charge >= 0.3 is 5.97 Å². The Balaban J connectivity index is 1.73. The van der Waals surface area contributed by atoms with E-state index in [2.05, 4.69) is 5.32 Å². The van der Waals surface area contributed by atoms with Gasteiger partial charge in [-0.25, -0.2) is 0 Å². The zero-order chi connectivity index (χ0) is 13.0. The molecule has 0 radical (unpaired) electrons. The first-order chi connectivity index (χ1) is 8.65. The van der Waals surface area contributed by atoms with Gasteiger partial charge in [-0.2, -0.15) is 0 Å². The minimum atomic E-state index is -0.963. The van der Waals surface area contributed by atoms with Crippen LogP contribution in [0.5, 0.6) is 5.75 Å². The maximum Gasteiger partial charge on any atom is 0.303 e. The summed E-state index contributed by atoms with van der Waals surface area (Å²) < 4.78 is 5.65. The predicted octanol–water partition coefficient (Wildman–Crippen LogP) is 0.971. The summed E-state index contributed by atoms with van der Waals surface area (Å²) in [7, 11) is 0. The van der Waals surface area contributed by atoms with E-state index < -0.39 is 5.97 Å². The fraction of sp³-hybridized carbons (Fsp3) is 0.385. The fourth-order valence-electron chi connectivity index (χ4n) is 1.90. The van der Waals surface area contributed by atoms with Crippen LogP contribution >= 0.6 is 0 Å². The summed E-state index contributed by atoms with van der Waals surface area (Å²) in [5.74, 6) is -0.353. The molecule has 2 N–H and O–H groups in total. The Kier molecular flexibility index (Phi) is 3.82. The third-order valence-electron chi connectivity index (χ3n) is 2.81. The molecule has 0 aromatic heterocycles. The van der Waals surface area contributed by atoms with Crippen LogP contribution in [0.25, 0.3) is 0 Å². The number of hydrogen-bond donors (Lipinski definition) is 2. The summed E-state index contributed by atoms with van der Waals surface area (Å²) >= 11 is 0. The van der Waals surface area contributed by atoms with E-state index in [1.807, 2.05) is 24.3 Å². The summed E-state index contributed by atoms with van der Waals surface area (Å²) in [4.78, 5) is 21.7. The first-order valence-corrected chi connectivity index (χ1v) is 5.88. The van der Waals surface area contributed by atoms with E-state index in [0.717, 1.165) is 17.7 Å². The minimum Gasteiger partial charge on any atom is -0.488 e. The number of benzene rings is 1. The Bertz CT molecular complexity index is 433. The van der Waals surface area contributed by atoms with Crippen LogP contribution in [0.3, 0.4) is 0 Å². The molecule has 1 aliphatic rings. The van der Waals surface area contributed by atoms with E-state index >= 15 is 0 Å². The minimum absolute atomic E-state index is 0.00893. The van der Waals surface area contributed by atoms with Gasteiger partial charge in [0.2, 0.25) is 5.91 Å². The van der Waals surface area contributed by atoms with Crippen molar-refractivity contribution in [2.24, 2.45) is 0 Å². The molecule has 0 saturated heterocycles. The lowest BCUT2D eigenvalue weighted by atomic mass is 10.1. The second kappa shape index (κ2) is 5.53. The van der Waals surface area contributed by atoms with Crippen molar-refractivity contribution in [1.82, 2.24) is 5.32 Å². The number of rotatable bonds is 5. The summed E-state index contributed by atoms with van der Waals surface area (Å²) in [5, 5.41) is 11.1. The Hall–Kier alpha value is -2.04. The Morgan fingerprint density at radius 3 is 2.83 bits per heavy atom. The topological polar surface area (TPSA) is 75.6 Å². The van der Waals surface area contributed by atoms with Crippen LogP contribution in [0.15, 0.2) is 24.3 Å². The number of fused-ring (bicyclic) bond motifs is 1. The van der Waals surface area contributed by atoms with Gasteiger partial charge in [-0.05, 0) is 11.6 Å². The Labute approximate surface area is 105 Å². The molecule has 18 heavy (non-hydrogen) atoms. The van der Waals surface area contributed by atoms with Crippen molar-refractivity contribution in [3.8, 4) is 5.75 Å². The largest absolute Gasteiger partial charge is 0.488 e. The van der Waals surface area contributed by atoms with Crippen LogP contribution in [0.1, 0.15) is 18.4 Å². The summed E-state index contributed by atoms with van der Waals surface area (Å²) in [5.41, 5.74) is 1.14. The van der Waals surface area contributed by atoms with E-state index in [9.17, 15) is 9.59 Å². The zero-order valence-electron chi connectivity index (χ0n) is 9.89. The smallest absolute Gasteiger partial charge is 0.303 e. The fourth-order valence-corrected chi connectivity index (χ4v) is 1.90. The van der Waals surface area contributed by atoms with Crippen molar-refractivity contribution in [2.75, 3.05) is 6.54 Å². The molecule has 1 aliphatic heterocycles. The van der Waals surface area contributed by atoms with Crippen molar-refractivity contribution >= 4 is 11.9 Å². The maximum atomic E-state index is 11.3. The Morgan fingerprint density at radius 1 is 1.33 bits per heavy atom. The standard InChI is InChI=1S/C13H15NO4/c15-12(5-6-13(16)17)14-8-10-7-9-3-1-2-4-11(9)18-10/h1-4,10H,5-8H2,(H,14,15)(H,16,17). The molecule has 1 aromatic rings. The molecule has 5 heteroatoms. The van der Waals surface area contributed by atoms with Gasteiger partial charge in [-0.1, -0.05) is 18.2 Å². The number of nitrogens with one attached hydrogen (secondary N) is 1. The van der Waals surface area contributed by atoms with Crippen molar-refractivity contribution in [3.05, 3.63) is 29.8 Å². The van der Waals surface area contributed by atoms with Crippen molar-refractivity contribution < 1.29 is 19.4 Å². The molecule has 1 unspecified atom stereocenters. The second-order valence-electron chi connectivity index (χ2n) is 4.25. The molecule has 1 heterocycles. The molecule has 1 amide bonds. The van der Waals surface area contributed by atoms with Gasteiger partial charge in [0.15, 0.2) is 0 Å². The molecule has 0 aliphatic carbocycles. The van der Waals surface area contributed by atoms with Crippen LogP contribution in [0.2, 0.25) is 0 Å². The lowest BCUT2D eigenvalue weighted by Gasteiger charge is -2.11. The highest BCUT2D eigenvalue weighted by Crippen LogP contribution is 2.27. The number of carboxylic acid groups (broad SMARTS) is 1. The van der Waals surface area contributed by atoms with Crippen LogP contribution in [-0.2, 0) is 16.0 Å². The van der Waals surface area contributed by atoms with E-state index in [4.69, 9.17) is 9.84 Å². The third-order valence-corrected chi connectivity index (χ3v) is 2.81. The van der Waals surface area contributed by atoms with Gasteiger partial charge in [0.05, 0.1) is 13.0 Å². The highest BCUT2D eigenvalue weighted by molar-refractivity contribution is 5.80. The lowest BCUT2D eigenvalue weighted by Crippen LogP contribution is -2.34. The number of hydrogen-bond acceptors (Lipinski definition) is 3. The number of carbonyl (C=O) groups is 2. The zero-order valence-corrected chi connectivity index (χ0v) is 9.89. The number of ether oxygens (including phenoxy) is 1. The van der Waals surface area contributed by atoms with Gasteiger partial charge in [-0.3, -0.25) is 9.59 Å². The molecule has 0 spiro atoms. The second-order valence-corrected chi connectivity index (χ2v) is 4.25. The molecule has 1 aromatic carbocycles. The van der Waals surface area contributed by atoms with Gasteiger partial charge in [0, 0.05) is 12.8 Å². The molecule has 5 nitrogen and oxygen atoms in total.